The Kier molecular flexibility index (Phi) is 23.3. The lowest BCUT2D eigenvalue weighted by Crippen LogP contribution is -2.25. The van der Waals surface area contributed by atoms with E-state index in [2.05, 4.69) is 90.1 Å². The molecule has 4 N–H and O–H groups in total. The van der Waals surface area contributed by atoms with Crippen molar-refractivity contribution in [3.05, 3.63) is 91.0 Å². The largest absolute Gasteiger partial charge is 0.507 e. The normalized spacial score (nSPS) is 14.2. The quantitative estimate of drug-likeness (QED) is 0.0273. The molecule has 7 aromatic rings. The van der Waals surface area contributed by atoms with Gasteiger partial charge in [0.15, 0.2) is 17.5 Å². The number of aliphatic hydroxyl groups excluding tert-OH is 3. The molecule has 0 fully saturated rings. The van der Waals surface area contributed by atoms with E-state index in [0.717, 1.165) is 115 Å². The Morgan fingerprint density at radius 2 is 0.831 bits per heavy atom. The van der Waals surface area contributed by atoms with Gasteiger partial charge in [-0.15, -0.1) is 0 Å². The highest BCUT2D eigenvalue weighted by Crippen LogP contribution is 2.41. The number of hydrogen-bond acceptors (Lipinski definition) is 13. The maximum absolute atomic E-state index is 11.7. The molecule has 0 radical (unpaired) electrons. The summed E-state index contributed by atoms with van der Waals surface area (Å²) in [5.74, 6) is 3.09. The first-order valence-corrected chi connectivity index (χ1v) is 28.6. The van der Waals surface area contributed by atoms with E-state index in [4.69, 9.17) is 43.4 Å². The average Bonchev–Trinajstić information content (AvgIpc) is 3.48. The Balaban J connectivity index is 1.21. The van der Waals surface area contributed by atoms with Crippen molar-refractivity contribution in [2.45, 2.75) is 137 Å². The van der Waals surface area contributed by atoms with Gasteiger partial charge in [-0.1, -0.05) is 148 Å². The van der Waals surface area contributed by atoms with Crippen LogP contribution in [0.25, 0.3) is 66.5 Å². The second-order valence-corrected chi connectivity index (χ2v) is 20.9. The summed E-state index contributed by atoms with van der Waals surface area (Å²) in [5, 5.41) is 51.2. The summed E-state index contributed by atoms with van der Waals surface area (Å²) in [5.41, 5.74) is 1.57. The average molecular weight is 1060 g/mol. The molecule has 0 bridgehead atoms. The topological polar surface area (TPSA) is 175 Å². The highest BCUT2D eigenvalue weighted by molar-refractivity contribution is 6.25. The minimum absolute atomic E-state index is 0.0173. The molecule has 6 aromatic carbocycles. The molecule has 13 heteroatoms. The number of aromatic nitrogens is 3. The van der Waals surface area contributed by atoms with Crippen molar-refractivity contribution < 1.29 is 48.8 Å². The molecule has 6 unspecified atom stereocenters. The summed E-state index contributed by atoms with van der Waals surface area (Å²) >= 11 is 0. The van der Waals surface area contributed by atoms with Gasteiger partial charge in [0, 0.05) is 37.5 Å². The number of ether oxygens (including phenoxy) is 6. The summed E-state index contributed by atoms with van der Waals surface area (Å²) in [4.78, 5) is 15.3. The zero-order chi connectivity index (χ0) is 54.5. The maximum atomic E-state index is 11.7. The van der Waals surface area contributed by atoms with E-state index < -0.39 is 18.3 Å². The number of aromatic hydroxyl groups is 1. The Morgan fingerprint density at radius 1 is 0.416 bits per heavy atom. The lowest BCUT2D eigenvalue weighted by Gasteiger charge is -2.19. The van der Waals surface area contributed by atoms with Crippen LogP contribution in [-0.4, -0.2) is 113 Å². The molecule has 0 aliphatic heterocycles. The van der Waals surface area contributed by atoms with E-state index >= 15 is 0 Å². The molecule has 0 saturated carbocycles. The first-order valence-electron chi connectivity index (χ1n) is 28.6. The number of hydrogen-bond donors (Lipinski definition) is 4. The molecule has 0 spiro atoms. The monoisotopic (exact) mass is 1060 g/mol. The second-order valence-electron chi connectivity index (χ2n) is 20.9. The lowest BCUT2D eigenvalue weighted by atomic mass is 9.92. The predicted molar refractivity (Wildman–Crippen MR) is 308 cm³/mol. The first kappa shape index (κ1) is 59.0. The van der Waals surface area contributed by atoms with Crippen molar-refractivity contribution in [1.82, 2.24) is 15.0 Å². The van der Waals surface area contributed by atoms with Crippen molar-refractivity contribution in [2.24, 2.45) is 17.8 Å². The summed E-state index contributed by atoms with van der Waals surface area (Å²) in [6.45, 7) is 15.0. The molecule has 0 aliphatic rings. The van der Waals surface area contributed by atoms with Crippen LogP contribution >= 0.6 is 0 Å². The van der Waals surface area contributed by atoms with E-state index in [9.17, 15) is 20.4 Å². The minimum Gasteiger partial charge on any atom is -0.507 e. The lowest BCUT2D eigenvalue weighted by molar-refractivity contribution is -0.00219. The minimum atomic E-state index is -0.948. The fraction of sp³-hybridized carbons (Fsp3) is 0.516. The second kappa shape index (κ2) is 30.5. The third-order valence-corrected chi connectivity index (χ3v) is 14.7. The molecular weight excluding hydrogens is 971 g/mol. The number of nitrogens with zero attached hydrogens (tertiary/aromatic N) is 3. The van der Waals surface area contributed by atoms with Crippen LogP contribution in [0.15, 0.2) is 91.0 Å². The standard InChI is InChI=1S/C64H85N3O10/c1-7-13-17-43(10-4)34-72-37-49(68)40-75-52-26-30-56(58(71)32-52)63-65-62(55-29-25-48-23-22-46-20-16-21-47-24-28-54(55)61(48)60(46)47)66-64(67-63)57-31-27-53(76-41-50(69)38-73-35-44(11-5)18-14-8-2)33-59(57)77-42-51(70)39-74-36-45(12-6)19-15-9-3/h16,20-33,43-45,49-51,68-71H,7-15,17-19,34-42H2,1-6H3. The summed E-state index contributed by atoms with van der Waals surface area (Å²) in [6, 6.07) is 29.1. The van der Waals surface area contributed by atoms with Crippen LogP contribution in [-0.2, 0) is 14.2 Å². The van der Waals surface area contributed by atoms with Crippen molar-refractivity contribution in [2.75, 3.05) is 59.5 Å². The van der Waals surface area contributed by atoms with Crippen molar-refractivity contribution >= 4 is 32.3 Å². The highest BCUT2D eigenvalue weighted by atomic mass is 16.5. The number of benzene rings is 6. The number of unbranched alkanes of at least 4 members (excludes halogenated alkanes) is 3. The van der Waals surface area contributed by atoms with Crippen molar-refractivity contribution in [3.63, 3.8) is 0 Å². The molecular formula is C64H85N3O10. The molecule has 7 rings (SSSR count). The van der Waals surface area contributed by atoms with E-state index in [-0.39, 0.29) is 57.0 Å². The summed E-state index contributed by atoms with van der Waals surface area (Å²) in [7, 11) is 0. The molecule has 77 heavy (non-hydrogen) atoms. The van der Waals surface area contributed by atoms with Crippen molar-refractivity contribution in [1.29, 1.82) is 0 Å². The molecule has 1 heterocycles. The predicted octanol–water partition coefficient (Wildman–Crippen LogP) is 13.4. The van der Waals surface area contributed by atoms with Crippen LogP contribution in [0.5, 0.6) is 23.0 Å². The third-order valence-electron chi connectivity index (χ3n) is 14.7. The SMILES string of the molecule is CCCCC(CC)COCC(O)COc1ccc(-c2nc(-c3ccc(OCC(O)COCC(CC)CCCC)cc3OCC(O)COCC(CC)CCCC)nc(-c3ccc4ccc5cccc6ccc3c4c56)n2)c(O)c1. The van der Waals surface area contributed by atoms with Crippen molar-refractivity contribution in [3.8, 4) is 57.2 Å². The van der Waals surface area contributed by atoms with Gasteiger partial charge in [-0.2, -0.15) is 0 Å². The first-order chi connectivity index (χ1) is 37.5. The number of aliphatic hydroxyl groups is 3. The molecule has 0 saturated heterocycles. The molecule has 6 atom stereocenters. The Morgan fingerprint density at radius 3 is 1.32 bits per heavy atom. The number of phenols is 1. The third kappa shape index (κ3) is 16.7. The van der Waals surface area contributed by atoms with Gasteiger partial charge >= 0.3 is 0 Å². The van der Waals surface area contributed by atoms with E-state index in [1.165, 1.54) is 6.07 Å². The molecule has 1 aromatic heterocycles. The van der Waals surface area contributed by atoms with Crippen LogP contribution in [0.1, 0.15) is 119 Å². The summed E-state index contributed by atoms with van der Waals surface area (Å²) < 4.78 is 36.4. The molecule has 0 amide bonds. The Labute approximate surface area is 456 Å². The van der Waals surface area contributed by atoms with Gasteiger partial charge in [0.25, 0.3) is 0 Å². The van der Waals surface area contributed by atoms with Crippen LogP contribution in [0, 0.1) is 17.8 Å². The van der Waals surface area contributed by atoms with Gasteiger partial charge in [0.2, 0.25) is 0 Å². The van der Waals surface area contributed by atoms with Gasteiger partial charge in [0.1, 0.15) is 61.1 Å². The molecule has 416 valence electrons. The Hall–Kier alpha value is -5.67. The zero-order valence-electron chi connectivity index (χ0n) is 46.6. The summed E-state index contributed by atoms with van der Waals surface area (Å²) in [6.07, 6.45) is 10.5. The number of rotatable bonds is 36. The zero-order valence-corrected chi connectivity index (χ0v) is 46.6. The van der Waals surface area contributed by atoms with E-state index in [1.807, 2.05) is 6.07 Å². The van der Waals surface area contributed by atoms with E-state index in [1.54, 1.807) is 30.3 Å². The van der Waals surface area contributed by atoms with E-state index in [0.29, 0.717) is 71.8 Å². The van der Waals surface area contributed by atoms with Gasteiger partial charge in [0.05, 0.1) is 30.9 Å². The molecule has 0 aliphatic carbocycles. The van der Waals surface area contributed by atoms with Gasteiger partial charge < -0.3 is 48.8 Å². The van der Waals surface area contributed by atoms with Crippen LogP contribution in [0.3, 0.4) is 0 Å². The Bertz CT molecular complexity index is 2850. The van der Waals surface area contributed by atoms with Gasteiger partial charge in [-0.25, -0.2) is 15.0 Å². The fourth-order valence-electron chi connectivity index (χ4n) is 9.88. The smallest absolute Gasteiger partial charge is 0.167 e. The number of phenolic OH excluding ortho intramolecular Hbond substituents is 1. The fourth-order valence-corrected chi connectivity index (χ4v) is 9.88. The van der Waals surface area contributed by atoms with Crippen LogP contribution < -0.4 is 14.2 Å². The maximum Gasteiger partial charge on any atom is 0.167 e. The molecule has 13 nitrogen and oxygen atoms in total. The highest BCUT2D eigenvalue weighted by Gasteiger charge is 2.23. The van der Waals surface area contributed by atoms with Crippen LogP contribution in [0.4, 0.5) is 0 Å². The van der Waals surface area contributed by atoms with Crippen LogP contribution in [0.2, 0.25) is 0 Å². The van der Waals surface area contributed by atoms with Gasteiger partial charge in [-0.05, 0) is 99.7 Å². The van der Waals surface area contributed by atoms with Gasteiger partial charge in [-0.3, -0.25) is 0 Å².